The summed E-state index contributed by atoms with van der Waals surface area (Å²) in [6, 6.07) is 2.11. The van der Waals surface area contributed by atoms with Gasteiger partial charge in [0.2, 0.25) is 0 Å². The zero-order valence-corrected chi connectivity index (χ0v) is 14.7. The Morgan fingerprint density at radius 2 is 2.14 bits per heavy atom. The maximum Gasteiger partial charge on any atom is 0.157 e. The van der Waals surface area contributed by atoms with Gasteiger partial charge in [0.15, 0.2) is 9.84 Å². The zero-order valence-electron chi connectivity index (χ0n) is 13.1. The molecule has 1 aliphatic carbocycles. The summed E-state index contributed by atoms with van der Waals surface area (Å²) in [5, 5.41) is 0.390. The summed E-state index contributed by atoms with van der Waals surface area (Å²) in [6.45, 7) is 5.93. The van der Waals surface area contributed by atoms with E-state index < -0.39 is 14.6 Å². The smallest absolute Gasteiger partial charge is 0.157 e. The monoisotopic (exact) mass is 344 g/mol. The van der Waals surface area contributed by atoms with E-state index in [1.54, 1.807) is 0 Å². The van der Waals surface area contributed by atoms with Crippen molar-refractivity contribution in [2.75, 3.05) is 30.9 Å². The van der Waals surface area contributed by atoms with Gasteiger partial charge in [0.25, 0.3) is 0 Å². The molecule has 2 fully saturated rings. The molecule has 22 heavy (non-hydrogen) atoms. The van der Waals surface area contributed by atoms with Crippen LogP contribution in [0, 0.1) is 6.92 Å². The summed E-state index contributed by atoms with van der Waals surface area (Å²) in [7, 11) is -3.17. The lowest BCUT2D eigenvalue weighted by molar-refractivity contribution is 0.0985. The van der Waals surface area contributed by atoms with Crippen molar-refractivity contribution in [2.45, 2.75) is 37.5 Å². The highest BCUT2D eigenvalue weighted by Gasteiger charge is 2.54. The van der Waals surface area contributed by atoms with E-state index in [0.29, 0.717) is 31.2 Å². The molecule has 1 saturated carbocycles. The van der Waals surface area contributed by atoms with Crippen LogP contribution in [0.2, 0.25) is 5.15 Å². The summed E-state index contributed by atoms with van der Waals surface area (Å²) in [5.41, 5.74) is 1.58. The number of morpholine rings is 1. The van der Waals surface area contributed by atoms with Gasteiger partial charge >= 0.3 is 0 Å². The van der Waals surface area contributed by atoms with Gasteiger partial charge in [-0.2, -0.15) is 0 Å². The number of pyridine rings is 1. The maximum absolute atomic E-state index is 12.2. The molecule has 7 heteroatoms. The Kier molecular flexibility index (Phi) is 3.90. The predicted molar refractivity (Wildman–Crippen MR) is 87.4 cm³/mol. The van der Waals surface area contributed by atoms with Crippen molar-refractivity contribution in [1.82, 2.24) is 4.98 Å². The molecule has 1 aromatic rings. The zero-order chi connectivity index (χ0) is 16.1. The molecule has 0 aromatic carbocycles. The molecule has 0 spiro atoms. The molecule has 122 valence electrons. The topological polar surface area (TPSA) is 59.5 Å². The predicted octanol–water partition coefficient (Wildman–Crippen LogP) is 2.30. The first kappa shape index (κ1) is 16.0. The van der Waals surface area contributed by atoms with Crippen LogP contribution in [0.15, 0.2) is 6.07 Å². The minimum absolute atomic E-state index is 0.196. The van der Waals surface area contributed by atoms with Crippen LogP contribution < -0.4 is 4.90 Å². The van der Waals surface area contributed by atoms with E-state index >= 15 is 0 Å². The summed E-state index contributed by atoms with van der Waals surface area (Å²) in [4.78, 5) is 6.61. The maximum atomic E-state index is 12.2. The largest absolute Gasteiger partial charge is 0.377 e. The third kappa shape index (κ3) is 2.51. The van der Waals surface area contributed by atoms with Crippen LogP contribution in [0.4, 0.5) is 5.82 Å². The van der Waals surface area contributed by atoms with Gasteiger partial charge in [-0.25, -0.2) is 13.4 Å². The van der Waals surface area contributed by atoms with Crippen LogP contribution >= 0.6 is 11.6 Å². The molecular formula is C15H21ClN2O3S. The molecule has 1 unspecified atom stereocenters. The quantitative estimate of drug-likeness (QED) is 0.787. The van der Waals surface area contributed by atoms with Gasteiger partial charge in [-0.1, -0.05) is 11.6 Å². The number of aromatic nitrogens is 1. The van der Waals surface area contributed by atoms with Gasteiger partial charge in [-0.05, 0) is 43.9 Å². The Morgan fingerprint density at radius 1 is 1.45 bits per heavy atom. The standard InChI is InChI=1S/C15H21ClN2O3S/c1-10-9-21-7-6-18(10)13-8-12(11(2)14(16)17-13)15(4-5-15)22(3,19)20/h8,10H,4-7,9H2,1-3H3. The number of hydrogen-bond acceptors (Lipinski definition) is 5. The first-order valence-electron chi connectivity index (χ1n) is 7.48. The SMILES string of the molecule is Cc1c(C2(S(C)(=O)=O)CC2)cc(N2CCOCC2C)nc1Cl. The first-order valence-corrected chi connectivity index (χ1v) is 9.75. The number of rotatable bonds is 3. The normalized spacial score (nSPS) is 24.4. The molecule has 1 atom stereocenters. The van der Waals surface area contributed by atoms with E-state index in [4.69, 9.17) is 16.3 Å². The van der Waals surface area contributed by atoms with Crippen LogP contribution in [0.5, 0.6) is 0 Å². The first-order chi connectivity index (χ1) is 10.3. The average Bonchev–Trinajstić information content (AvgIpc) is 3.23. The lowest BCUT2D eigenvalue weighted by Crippen LogP contribution is -2.44. The fourth-order valence-corrected chi connectivity index (χ4v) is 4.85. The van der Waals surface area contributed by atoms with Gasteiger partial charge in [0, 0.05) is 12.8 Å². The van der Waals surface area contributed by atoms with E-state index in [9.17, 15) is 8.42 Å². The van der Waals surface area contributed by atoms with Crippen LogP contribution in [-0.4, -0.2) is 45.5 Å². The van der Waals surface area contributed by atoms with Gasteiger partial charge in [-0.15, -0.1) is 0 Å². The molecule has 1 saturated heterocycles. The summed E-state index contributed by atoms with van der Waals surface area (Å²) >= 11 is 6.31. The van der Waals surface area contributed by atoms with Gasteiger partial charge in [0.05, 0.1) is 24.0 Å². The lowest BCUT2D eigenvalue weighted by Gasteiger charge is -2.35. The highest BCUT2D eigenvalue weighted by Crippen LogP contribution is 2.54. The van der Waals surface area contributed by atoms with Crippen LogP contribution in [0.1, 0.15) is 30.9 Å². The lowest BCUT2D eigenvalue weighted by atomic mass is 10.1. The van der Waals surface area contributed by atoms with Crippen molar-refractivity contribution in [3.8, 4) is 0 Å². The molecule has 0 N–H and O–H groups in total. The molecule has 3 rings (SSSR count). The van der Waals surface area contributed by atoms with Crippen molar-refractivity contribution in [3.05, 3.63) is 22.3 Å². The highest BCUT2D eigenvalue weighted by molar-refractivity contribution is 7.92. The second kappa shape index (κ2) is 5.35. The van der Waals surface area contributed by atoms with Crippen LogP contribution in [0.3, 0.4) is 0 Å². The van der Waals surface area contributed by atoms with Crippen LogP contribution in [0.25, 0.3) is 0 Å². The fraction of sp³-hybridized carbons (Fsp3) is 0.667. The minimum atomic E-state index is -3.17. The Morgan fingerprint density at radius 3 is 2.68 bits per heavy atom. The van der Waals surface area contributed by atoms with Crippen molar-refractivity contribution in [2.24, 2.45) is 0 Å². The molecule has 0 radical (unpaired) electrons. The Balaban J connectivity index is 2.09. The number of anilines is 1. The Labute approximate surface area is 136 Å². The highest BCUT2D eigenvalue weighted by atomic mass is 35.5. The van der Waals surface area contributed by atoms with Crippen molar-refractivity contribution >= 4 is 27.3 Å². The summed E-state index contributed by atoms with van der Waals surface area (Å²) < 4.78 is 29.2. The number of nitrogens with zero attached hydrogens (tertiary/aromatic N) is 2. The summed E-state index contributed by atoms with van der Waals surface area (Å²) in [6.07, 6.45) is 2.63. The molecule has 2 aliphatic rings. The van der Waals surface area contributed by atoms with Crippen LogP contribution in [-0.2, 0) is 19.3 Å². The molecule has 0 bridgehead atoms. The number of ether oxygens (including phenoxy) is 1. The second-order valence-electron chi connectivity index (χ2n) is 6.33. The number of halogens is 1. The van der Waals surface area contributed by atoms with Gasteiger partial charge < -0.3 is 9.64 Å². The van der Waals surface area contributed by atoms with E-state index in [2.05, 4.69) is 16.8 Å². The van der Waals surface area contributed by atoms with Crippen molar-refractivity contribution in [3.63, 3.8) is 0 Å². The van der Waals surface area contributed by atoms with E-state index in [1.165, 1.54) is 6.26 Å². The van der Waals surface area contributed by atoms with Gasteiger partial charge in [0.1, 0.15) is 11.0 Å². The van der Waals surface area contributed by atoms with E-state index in [1.807, 2.05) is 13.0 Å². The number of sulfone groups is 1. The molecule has 1 aromatic heterocycles. The molecule has 5 nitrogen and oxygen atoms in total. The average molecular weight is 345 g/mol. The van der Waals surface area contributed by atoms with E-state index in [-0.39, 0.29) is 6.04 Å². The molecule has 1 aliphatic heterocycles. The van der Waals surface area contributed by atoms with Crippen molar-refractivity contribution < 1.29 is 13.2 Å². The summed E-state index contributed by atoms with van der Waals surface area (Å²) in [5.74, 6) is 0.747. The Hall–Kier alpha value is -0.850. The van der Waals surface area contributed by atoms with Gasteiger partial charge in [-0.3, -0.25) is 0 Å². The number of hydrogen-bond donors (Lipinski definition) is 0. The Bertz CT molecular complexity index is 701. The molecule has 2 heterocycles. The third-order valence-corrected chi connectivity index (χ3v) is 7.18. The van der Waals surface area contributed by atoms with E-state index in [0.717, 1.165) is 23.5 Å². The molecule has 0 amide bonds. The fourth-order valence-electron chi connectivity index (χ4n) is 3.21. The second-order valence-corrected chi connectivity index (χ2v) is 9.01. The molecular weight excluding hydrogens is 324 g/mol. The third-order valence-electron chi connectivity index (χ3n) is 4.77. The minimum Gasteiger partial charge on any atom is -0.377 e. The van der Waals surface area contributed by atoms with Crippen molar-refractivity contribution in [1.29, 1.82) is 0 Å².